The highest BCUT2D eigenvalue weighted by Gasteiger charge is 2.40. The van der Waals surface area contributed by atoms with Gasteiger partial charge in [-0.25, -0.2) is 0 Å². The molecule has 0 radical (unpaired) electrons. The summed E-state index contributed by atoms with van der Waals surface area (Å²) in [4.78, 5) is 43.8. The third-order valence-corrected chi connectivity index (χ3v) is 6.42. The van der Waals surface area contributed by atoms with E-state index in [2.05, 4.69) is 16.2 Å². The molecule has 3 aromatic rings. The molecule has 5 rings (SSSR count). The van der Waals surface area contributed by atoms with Crippen LogP contribution in [0.25, 0.3) is 22.0 Å². The number of imide groups is 1. The van der Waals surface area contributed by atoms with Crippen LogP contribution in [0.4, 0.5) is 18.9 Å². The molecule has 36 heavy (non-hydrogen) atoms. The van der Waals surface area contributed by atoms with E-state index in [-0.39, 0.29) is 16.7 Å². The van der Waals surface area contributed by atoms with Crippen LogP contribution in [0, 0.1) is 12.3 Å². The molecule has 2 aliphatic heterocycles. The summed E-state index contributed by atoms with van der Waals surface area (Å²) in [5.41, 5.74) is -0.414. The zero-order valence-corrected chi connectivity index (χ0v) is 18.8. The van der Waals surface area contributed by atoms with E-state index in [1.165, 1.54) is 23.2 Å². The van der Waals surface area contributed by atoms with E-state index in [4.69, 9.17) is 6.42 Å². The van der Waals surface area contributed by atoms with Crippen molar-refractivity contribution >= 4 is 45.5 Å². The summed E-state index contributed by atoms with van der Waals surface area (Å²) >= 11 is 0. The summed E-state index contributed by atoms with van der Waals surface area (Å²) in [5, 5.41) is 2.77. The second kappa shape index (κ2) is 8.61. The van der Waals surface area contributed by atoms with Crippen molar-refractivity contribution in [3.05, 3.63) is 65.4 Å². The number of piperazine rings is 1. The Kier molecular flexibility index (Phi) is 5.55. The summed E-state index contributed by atoms with van der Waals surface area (Å²) in [6, 6.07) is 10.5. The highest BCUT2D eigenvalue weighted by Crippen LogP contribution is 2.42. The molecule has 0 spiro atoms. The van der Waals surface area contributed by atoms with Gasteiger partial charge in [0.1, 0.15) is 0 Å². The van der Waals surface area contributed by atoms with Crippen LogP contribution < -0.4 is 10.2 Å². The molecular formula is C26H19F3N4O3. The number of aromatic nitrogens is 1. The number of terminal acetylenes is 1. The lowest BCUT2D eigenvalue weighted by molar-refractivity contribution is -0.137. The van der Waals surface area contributed by atoms with Crippen LogP contribution in [-0.2, 0) is 20.6 Å². The normalized spacial score (nSPS) is 16.5. The van der Waals surface area contributed by atoms with Gasteiger partial charge in [0, 0.05) is 60.1 Å². The van der Waals surface area contributed by atoms with Crippen molar-refractivity contribution in [2.24, 2.45) is 0 Å². The fourth-order valence-corrected chi connectivity index (χ4v) is 4.69. The van der Waals surface area contributed by atoms with Gasteiger partial charge in [-0.3, -0.25) is 19.7 Å². The van der Waals surface area contributed by atoms with Crippen molar-refractivity contribution in [2.45, 2.75) is 6.18 Å². The Hall–Kier alpha value is -4.52. The zero-order chi connectivity index (χ0) is 25.6. The predicted molar refractivity (Wildman–Crippen MR) is 127 cm³/mol. The maximum atomic E-state index is 14.1. The van der Waals surface area contributed by atoms with Gasteiger partial charge in [0.05, 0.1) is 16.7 Å². The van der Waals surface area contributed by atoms with Crippen LogP contribution in [0.1, 0.15) is 16.7 Å². The summed E-state index contributed by atoms with van der Waals surface area (Å²) in [6.45, 7) is 1.30. The molecule has 3 amide bonds. The molecule has 10 heteroatoms. The smallest absolute Gasteiger partial charge is 0.368 e. The minimum Gasteiger partial charge on any atom is -0.368 e. The molecule has 1 saturated heterocycles. The van der Waals surface area contributed by atoms with E-state index in [1.807, 2.05) is 4.90 Å². The molecule has 3 heterocycles. The molecule has 0 unspecified atom stereocenters. The fourth-order valence-electron chi connectivity index (χ4n) is 4.69. The topological polar surface area (TPSA) is 85.5 Å². The molecular weight excluding hydrogens is 473 g/mol. The van der Waals surface area contributed by atoms with Crippen molar-refractivity contribution in [3.8, 4) is 12.3 Å². The third-order valence-electron chi connectivity index (χ3n) is 6.42. The number of alkyl halides is 3. The minimum atomic E-state index is -4.77. The summed E-state index contributed by atoms with van der Waals surface area (Å²) in [5.74, 6) is -0.0491. The largest absolute Gasteiger partial charge is 0.417 e. The average molecular weight is 492 g/mol. The molecule has 0 saturated carbocycles. The molecule has 182 valence electrons. The molecule has 7 nitrogen and oxygen atoms in total. The quantitative estimate of drug-likeness (QED) is 0.435. The van der Waals surface area contributed by atoms with Crippen LogP contribution in [0.2, 0.25) is 0 Å². The second-order valence-electron chi connectivity index (χ2n) is 8.43. The van der Waals surface area contributed by atoms with Crippen molar-refractivity contribution in [1.29, 1.82) is 0 Å². The Bertz CT molecular complexity index is 1490. The molecule has 2 aromatic carbocycles. The Morgan fingerprint density at radius 2 is 1.61 bits per heavy atom. The molecule has 0 bridgehead atoms. The summed E-state index contributed by atoms with van der Waals surface area (Å²) in [7, 11) is 0. The van der Waals surface area contributed by atoms with Crippen LogP contribution >= 0.6 is 0 Å². The Balaban J connectivity index is 1.65. The van der Waals surface area contributed by atoms with Crippen LogP contribution in [0.5, 0.6) is 0 Å². The highest BCUT2D eigenvalue weighted by atomic mass is 19.4. The second-order valence-corrected chi connectivity index (χ2v) is 8.43. The number of nitrogens with one attached hydrogen (secondary N) is 2. The van der Waals surface area contributed by atoms with Gasteiger partial charge >= 0.3 is 6.18 Å². The number of benzene rings is 2. The first-order chi connectivity index (χ1) is 17.2. The number of para-hydroxylation sites is 1. The first kappa shape index (κ1) is 23.2. The van der Waals surface area contributed by atoms with Gasteiger partial charge < -0.3 is 14.8 Å². The number of hydrogen-bond donors (Lipinski definition) is 2. The van der Waals surface area contributed by atoms with E-state index in [0.717, 1.165) is 6.07 Å². The number of carbonyl (C=O) groups is 3. The van der Waals surface area contributed by atoms with Gasteiger partial charge in [-0.1, -0.05) is 18.2 Å². The number of fused-ring (bicyclic) bond motifs is 1. The number of amides is 3. The zero-order valence-electron chi connectivity index (χ0n) is 18.8. The Labute approximate surface area is 203 Å². The maximum Gasteiger partial charge on any atom is 0.417 e. The Morgan fingerprint density at radius 1 is 0.944 bits per heavy atom. The molecule has 1 fully saturated rings. The molecule has 2 N–H and O–H groups in total. The number of rotatable bonds is 3. The predicted octanol–water partition coefficient (Wildman–Crippen LogP) is 3.04. The van der Waals surface area contributed by atoms with Gasteiger partial charge in [0.2, 0.25) is 0 Å². The number of H-pyrrole nitrogens is 1. The van der Waals surface area contributed by atoms with E-state index in [1.54, 1.807) is 24.3 Å². The number of aromatic amines is 1. The van der Waals surface area contributed by atoms with E-state index in [0.29, 0.717) is 48.3 Å². The van der Waals surface area contributed by atoms with Crippen molar-refractivity contribution in [3.63, 3.8) is 0 Å². The highest BCUT2D eigenvalue weighted by molar-refractivity contribution is 6.50. The third kappa shape index (κ3) is 3.88. The number of hydrogen-bond acceptors (Lipinski definition) is 4. The van der Waals surface area contributed by atoms with E-state index < -0.39 is 29.5 Å². The van der Waals surface area contributed by atoms with Gasteiger partial charge in [0.25, 0.3) is 17.7 Å². The first-order valence-corrected chi connectivity index (χ1v) is 11.1. The minimum absolute atomic E-state index is 0.121. The average Bonchev–Trinajstić information content (AvgIpc) is 3.42. The first-order valence-electron chi connectivity index (χ1n) is 11.1. The van der Waals surface area contributed by atoms with Crippen molar-refractivity contribution in [1.82, 2.24) is 15.2 Å². The number of carbonyl (C=O) groups excluding carboxylic acids is 3. The molecule has 2 aliphatic rings. The van der Waals surface area contributed by atoms with Gasteiger partial charge in [-0.05, 0) is 30.2 Å². The van der Waals surface area contributed by atoms with Gasteiger partial charge in [-0.2, -0.15) is 13.2 Å². The number of nitrogens with zero attached hydrogens (tertiary/aromatic N) is 2. The monoisotopic (exact) mass is 492 g/mol. The van der Waals surface area contributed by atoms with E-state index >= 15 is 0 Å². The van der Waals surface area contributed by atoms with Crippen molar-refractivity contribution in [2.75, 3.05) is 31.1 Å². The lowest BCUT2D eigenvalue weighted by Gasteiger charge is -2.35. The summed E-state index contributed by atoms with van der Waals surface area (Å²) in [6.07, 6.45) is 1.92. The lowest BCUT2D eigenvalue weighted by atomic mass is 9.92. The van der Waals surface area contributed by atoms with Crippen LogP contribution in [0.3, 0.4) is 0 Å². The standard InChI is InChI=1S/C26H19F3N4O3/c1-2-21(34)33-11-9-32(10-12-33)15-7-8-19(26(27,28)29)17(13-15)22-23(25(36)31-24(22)35)18-14-30-20-6-4-3-5-16(18)20/h1,3-8,13-14,30H,9-12H2,(H,31,35,36). The molecule has 0 aliphatic carbocycles. The van der Waals surface area contributed by atoms with Crippen molar-refractivity contribution < 1.29 is 27.6 Å². The summed E-state index contributed by atoms with van der Waals surface area (Å²) < 4.78 is 42.2. The molecule has 0 atom stereocenters. The number of halogens is 3. The van der Waals surface area contributed by atoms with Crippen LogP contribution in [0.15, 0.2) is 48.7 Å². The van der Waals surface area contributed by atoms with E-state index in [9.17, 15) is 27.6 Å². The Morgan fingerprint density at radius 3 is 2.28 bits per heavy atom. The SMILES string of the molecule is C#CC(=O)N1CCN(c2ccc(C(F)(F)F)c(C3=C(c4c[nH]c5ccccc45)C(=O)NC3=O)c2)CC1. The van der Waals surface area contributed by atoms with Crippen LogP contribution in [-0.4, -0.2) is 53.8 Å². The fraction of sp³-hybridized carbons (Fsp3) is 0.192. The maximum absolute atomic E-state index is 14.1. The molecule has 1 aromatic heterocycles. The number of anilines is 1. The van der Waals surface area contributed by atoms with Gasteiger partial charge in [0.15, 0.2) is 0 Å². The lowest BCUT2D eigenvalue weighted by Crippen LogP contribution is -2.48. The van der Waals surface area contributed by atoms with Gasteiger partial charge in [-0.15, -0.1) is 6.42 Å².